The summed E-state index contributed by atoms with van der Waals surface area (Å²) in [7, 11) is 3.09. The maximum absolute atomic E-state index is 12.4. The average molecular weight is 302 g/mol. The summed E-state index contributed by atoms with van der Waals surface area (Å²) in [6.07, 6.45) is 3.99. The van der Waals surface area contributed by atoms with Crippen molar-refractivity contribution in [2.45, 2.75) is 25.7 Å². The Morgan fingerprint density at radius 1 is 1.14 bits per heavy atom. The number of carbonyl (C=O) groups excluding carboxylic acids is 1. The molecule has 6 heteroatoms. The van der Waals surface area contributed by atoms with Gasteiger partial charge < -0.3 is 14.0 Å². The summed E-state index contributed by atoms with van der Waals surface area (Å²) in [4.78, 5) is 12.4. The van der Waals surface area contributed by atoms with Gasteiger partial charge in [0.05, 0.1) is 19.9 Å². The minimum absolute atomic E-state index is 0.276. The normalized spacial score (nSPS) is 13.4. The first-order valence-electron chi connectivity index (χ1n) is 7.23. The Morgan fingerprint density at radius 2 is 1.82 bits per heavy atom. The van der Waals surface area contributed by atoms with Crippen molar-refractivity contribution in [3.63, 3.8) is 0 Å². The van der Waals surface area contributed by atoms with Gasteiger partial charge in [-0.25, -0.2) is 0 Å². The lowest BCUT2D eigenvalue weighted by atomic mass is 9.97. The number of methoxy groups -OCH3 is 2. The van der Waals surface area contributed by atoms with Crippen molar-refractivity contribution in [2.75, 3.05) is 19.5 Å². The van der Waals surface area contributed by atoms with E-state index in [1.54, 1.807) is 32.4 Å². The number of hydrogen-bond acceptors (Lipinski definition) is 5. The van der Waals surface area contributed by atoms with Crippen molar-refractivity contribution in [1.82, 2.24) is 5.16 Å². The number of carbonyl (C=O) groups is 1. The number of benzene rings is 1. The molecule has 0 atom stereocenters. The zero-order valence-electron chi connectivity index (χ0n) is 12.6. The number of nitrogens with one attached hydrogen (secondary N) is 1. The van der Waals surface area contributed by atoms with Gasteiger partial charge in [-0.3, -0.25) is 10.1 Å². The Hall–Kier alpha value is -2.50. The van der Waals surface area contributed by atoms with Gasteiger partial charge in [0.15, 0.2) is 0 Å². The van der Waals surface area contributed by atoms with Crippen LogP contribution in [0.4, 0.5) is 5.88 Å². The minimum Gasteiger partial charge on any atom is -0.497 e. The second-order valence-electron chi connectivity index (χ2n) is 5.20. The van der Waals surface area contributed by atoms with Crippen LogP contribution in [0.1, 0.15) is 34.5 Å². The monoisotopic (exact) mass is 302 g/mol. The van der Waals surface area contributed by atoms with Crippen LogP contribution in [-0.4, -0.2) is 25.3 Å². The Bertz CT molecular complexity index is 671. The van der Waals surface area contributed by atoms with Crippen LogP contribution < -0.4 is 14.8 Å². The minimum atomic E-state index is -0.276. The summed E-state index contributed by atoms with van der Waals surface area (Å²) >= 11 is 0. The summed E-state index contributed by atoms with van der Waals surface area (Å²) in [5, 5.41) is 6.82. The van der Waals surface area contributed by atoms with Crippen LogP contribution in [0, 0.1) is 0 Å². The third-order valence-corrected chi connectivity index (χ3v) is 3.80. The maximum Gasteiger partial charge on any atom is 0.258 e. The molecule has 0 radical (unpaired) electrons. The molecule has 2 aromatic rings. The smallest absolute Gasteiger partial charge is 0.258 e. The lowest BCUT2D eigenvalue weighted by molar-refractivity contribution is 0.102. The number of anilines is 1. The van der Waals surface area contributed by atoms with Crippen LogP contribution in [-0.2, 0) is 12.8 Å². The standard InChI is InChI=1S/C16H18N2O4/c1-20-11-7-10(8-12(9-11)21-2)15(19)17-16-13-5-3-4-6-14(13)18-22-16/h7-9H,3-6H2,1-2H3,(H,17,19). The zero-order valence-corrected chi connectivity index (χ0v) is 12.6. The van der Waals surface area contributed by atoms with E-state index < -0.39 is 0 Å². The van der Waals surface area contributed by atoms with Gasteiger partial charge in [-0.15, -0.1) is 0 Å². The Morgan fingerprint density at radius 3 is 2.50 bits per heavy atom. The van der Waals surface area contributed by atoms with Crippen LogP contribution in [0.25, 0.3) is 0 Å². The van der Waals surface area contributed by atoms with Gasteiger partial charge >= 0.3 is 0 Å². The number of hydrogen-bond donors (Lipinski definition) is 1. The molecular weight excluding hydrogens is 284 g/mol. The van der Waals surface area contributed by atoms with Crippen molar-refractivity contribution in [3.8, 4) is 11.5 Å². The number of nitrogens with zero attached hydrogens (tertiary/aromatic N) is 1. The zero-order chi connectivity index (χ0) is 15.5. The lowest BCUT2D eigenvalue weighted by Crippen LogP contribution is -2.13. The topological polar surface area (TPSA) is 73.6 Å². The van der Waals surface area contributed by atoms with Crippen molar-refractivity contribution in [3.05, 3.63) is 35.0 Å². The van der Waals surface area contributed by atoms with E-state index in [9.17, 15) is 4.79 Å². The number of ether oxygens (including phenoxy) is 2. The number of amides is 1. The fraction of sp³-hybridized carbons (Fsp3) is 0.375. The van der Waals surface area contributed by atoms with E-state index in [0.29, 0.717) is 22.9 Å². The number of aryl methyl sites for hydroxylation is 1. The molecule has 1 amide bonds. The highest BCUT2D eigenvalue weighted by molar-refractivity contribution is 6.04. The van der Waals surface area contributed by atoms with E-state index in [4.69, 9.17) is 14.0 Å². The van der Waals surface area contributed by atoms with Crippen LogP contribution in [0.15, 0.2) is 22.7 Å². The molecule has 0 saturated heterocycles. The number of fused-ring (bicyclic) bond motifs is 1. The molecule has 0 fully saturated rings. The van der Waals surface area contributed by atoms with Gasteiger partial charge in [0, 0.05) is 17.2 Å². The third-order valence-electron chi connectivity index (χ3n) is 3.80. The summed E-state index contributed by atoms with van der Waals surface area (Å²) in [6, 6.07) is 5.02. The molecule has 1 aliphatic carbocycles. The van der Waals surface area contributed by atoms with E-state index in [1.165, 1.54) is 0 Å². The van der Waals surface area contributed by atoms with Crippen molar-refractivity contribution < 1.29 is 18.8 Å². The molecule has 1 N–H and O–H groups in total. The summed E-state index contributed by atoms with van der Waals surface area (Å²) in [5.41, 5.74) is 2.40. The van der Waals surface area contributed by atoms with Gasteiger partial charge in [-0.05, 0) is 37.8 Å². The molecule has 0 bridgehead atoms. The summed E-state index contributed by atoms with van der Waals surface area (Å²) in [6.45, 7) is 0. The van der Waals surface area contributed by atoms with E-state index in [0.717, 1.165) is 36.9 Å². The molecule has 6 nitrogen and oxygen atoms in total. The fourth-order valence-electron chi connectivity index (χ4n) is 2.60. The van der Waals surface area contributed by atoms with Crippen LogP contribution in [0.5, 0.6) is 11.5 Å². The summed E-state index contributed by atoms with van der Waals surface area (Å²) < 4.78 is 15.6. The fourth-order valence-corrected chi connectivity index (χ4v) is 2.60. The molecule has 116 valence electrons. The average Bonchev–Trinajstić information content (AvgIpc) is 2.97. The number of aromatic nitrogens is 1. The largest absolute Gasteiger partial charge is 0.497 e. The van der Waals surface area contributed by atoms with Gasteiger partial charge in [0.25, 0.3) is 5.91 Å². The van der Waals surface area contributed by atoms with Crippen molar-refractivity contribution >= 4 is 11.8 Å². The van der Waals surface area contributed by atoms with E-state index in [-0.39, 0.29) is 5.91 Å². The third kappa shape index (κ3) is 2.77. The van der Waals surface area contributed by atoms with E-state index in [1.807, 2.05) is 0 Å². The molecule has 1 aromatic heterocycles. The van der Waals surface area contributed by atoms with Crippen LogP contribution in [0.2, 0.25) is 0 Å². The van der Waals surface area contributed by atoms with Crippen LogP contribution >= 0.6 is 0 Å². The second kappa shape index (κ2) is 6.09. The number of rotatable bonds is 4. The quantitative estimate of drug-likeness (QED) is 0.940. The van der Waals surface area contributed by atoms with Gasteiger partial charge in [-0.1, -0.05) is 5.16 Å². The highest BCUT2D eigenvalue weighted by atomic mass is 16.5. The molecule has 22 heavy (non-hydrogen) atoms. The molecule has 0 unspecified atom stereocenters. The van der Waals surface area contributed by atoms with Crippen molar-refractivity contribution in [1.29, 1.82) is 0 Å². The lowest BCUT2D eigenvalue weighted by Gasteiger charge is -2.10. The molecule has 1 aromatic carbocycles. The van der Waals surface area contributed by atoms with Crippen molar-refractivity contribution in [2.24, 2.45) is 0 Å². The Balaban J connectivity index is 1.84. The highest BCUT2D eigenvalue weighted by Crippen LogP contribution is 2.28. The first kappa shape index (κ1) is 14.4. The van der Waals surface area contributed by atoms with Gasteiger partial charge in [0.2, 0.25) is 5.88 Å². The maximum atomic E-state index is 12.4. The Kier molecular flexibility index (Phi) is 4.00. The molecule has 1 aliphatic rings. The molecule has 1 heterocycles. The second-order valence-corrected chi connectivity index (χ2v) is 5.20. The highest BCUT2D eigenvalue weighted by Gasteiger charge is 2.21. The Labute approximate surface area is 128 Å². The van der Waals surface area contributed by atoms with Crippen LogP contribution in [0.3, 0.4) is 0 Å². The predicted octanol–water partition coefficient (Wildman–Crippen LogP) is 2.82. The molecule has 0 saturated carbocycles. The first-order chi connectivity index (χ1) is 10.7. The summed E-state index contributed by atoms with van der Waals surface area (Å²) in [5.74, 6) is 1.29. The SMILES string of the molecule is COc1cc(OC)cc(C(=O)Nc2onc3c2CCCC3)c1. The molecular formula is C16H18N2O4. The van der Waals surface area contributed by atoms with Gasteiger partial charge in [0.1, 0.15) is 11.5 Å². The van der Waals surface area contributed by atoms with E-state index >= 15 is 0 Å². The molecule has 0 spiro atoms. The molecule has 0 aliphatic heterocycles. The first-order valence-corrected chi connectivity index (χ1v) is 7.23. The van der Waals surface area contributed by atoms with Gasteiger partial charge in [-0.2, -0.15) is 0 Å². The van der Waals surface area contributed by atoms with E-state index in [2.05, 4.69) is 10.5 Å². The predicted molar refractivity (Wildman–Crippen MR) is 80.6 cm³/mol. The molecule has 3 rings (SSSR count).